The molecule has 2 heterocycles. The summed E-state index contributed by atoms with van der Waals surface area (Å²) in [6, 6.07) is 8.00. The molecule has 1 N–H and O–H groups in total. The minimum Gasteiger partial charge on any atom is -0.465 e. The van der Waals surface area contributed by atoms with Crippen molar-refractivity contribution in [1.29, 1.82) is 0 Å². The summed E-state index contributed by atoms with van der Waals surface area (Å²) in [5.41, 5.74) is 1.01. The van der Waals surface area contributed by atoms with Gasteiger partial charge in [0.05, 0.1) is 29.7 Å². The van der Waals surface area contributed by atoms with Crippen molar-refractivity contribution in [3.63, 3.8) is 0 Å². The predicted molar refractivity (Wildman–Crippen MR) is 103 cm³/mol. The van der Waals surface area contributed by atoms with Crippen molar-refractivity contribution < 1.29 is 19.1 Å². The van der Waals surface area contributed by atoms with E-state index in [0.717, 1.165) is 0 Å². The molecule has 138 valence electrons. The van der Waals surface area contributed by atoms with Crippen LogP contribution in [0, 0.1) is 0 Å². The number of amidine groups is 1. The van der Waals surface area contributed by atoms with E-state index in [1.165, 1.54) is 43.4 Å². The lowest BCUT2D eigenvalue weighted by molar-refractivity contribution is -0.116. The number of halogens is 1. The van der Waals surface area contributed by atoms with Crippen molar-refractivity contribution in [3.05, 3.63) is 52.7 Å². The van der Waals surface area contributed by atoms with Gasteiger partial charge in [-0.25, -0.2) is 9.78 Å². The molecule has 0 aliphatic carbocycles. The zero-order valence-corrected chi connectivity index (χ0v) is 15.6. The third-order valence-electron chi connectivity index (χ3n) is 3.27. The molecule has 1 saturated heterocycles. The van der Waals surface area contributed by atoms with Crippen LogP contribution in [-0.2, 0) is 9.53 Å². The van der Waals surface area contributed by atoms with Gasteiger partial charge in [-0.3, -0.25) is 4.79 Å². The van der Waals surface area contributed by atoms with E-state index in [-0.39, 0.29) is 11.8 Å². The molecule has 0 atom stereocenters. The molecular formula is C17H13ClN4O4S. The average molecular weight is 405 g/mol. The summed E-state index contributed by atoms with van der Waals surface area (Å²) in [6.45, 7) is 0. The molecule has 1 amide bonds. The molecule has 0 spiro atoms. The van der Waals surface area contributed by atoms with E-state index < -0.39 is 5.97 Å². The van der Waals surface area contributed by atoms with Crippen molar-refractivity contribution in [2.24, 2.45) is 10.2 Å². The van der Waals surface area contributed by atoms with Gasteiger partial charge >= 0.3 is 5.97 Å². The Morgan fingerprint density at radius 2 is 2.22 bits per heavy atom. The SMILES string of the molecule is COC(=O)c1ccnc(Oc2ccc(C=NN=C3NC(=O)CS3)cc2Cl)c1. The van der Waals surface area contributed by atoms with Gasteiger partial charge in [0, 0.05) is 12.3 Å². The van der Waals surface area contributed by atoms with Crippen molar-refractivity contribution >= 4 is 46.6 Å². The largest absolute Gasteiger partial charge is 0.465 e. The maximum Gasteiger partial charge on any atom is 0.338 e. The number of benzene rings is 1. The first kappa shape index (κ1) is 18.9. The Morgan fingerprint density at radius 1 is 1.37 bits per heavy atom. The van der Waals surface area contributed by atoms with E-state index in [1.807, 2.05) is 0 Å². The fraction of sp³-hybridized carbons (Fsp3) is 0.118. The van der Waals surface area contributed by atoms with Crippen LogP contribution in [0.3, 0.4) is 0 Å². The van der Waals surface area contributed by atoms with Gasteiger partial charge in [0.2, 0.25) is 11.8 Å². The van der Waals surface area contributed by atoms with Crippen molar-refractivity contribution in [1.82, 2.24) is 10.3 Å². The van der Waals surface area contributed by atoms with E-state index in [1.54, 1.807) is 18.2 Å². The number of amides is 1. The van der Waals surface area contributed by atoms with Gasteiger partial charge < -0.3 is 14.8 Å². The summed E-state index contributed by atoms with van der Waals surface area (Å²) in [5, 5.41) is 11.2. The Kier molecular flexibility index (Phi) is 6.05. The third-order valence-corrected chi connectivity index (χ3v) is 4.43. The highest BCUT2D eigenvalue weighted by atomic mass is 35.5. The Hall–Kier alpha value is -2.91. The summed E-state index contributed by atoms with van der Waals surface area (Å²) in [4.78, 5) is 26.7. The Balaban J connectivity index is 1.70. The fourth-order valence-electron chi connectivity index (χ4n) is 2.03. The van der Waals surface area contributed by atoms with E-state index >= 15 is 0 Å². The lowest BCUT2D eigenvalue weighted by Gasteiger charge is -2.08. The first-order chi connectivity index (χ1) is 13.0. The lowest BCUT2D eigenvalue weighted by atomic mass is 10.2. The fourth-order valence-corrected chi connectivity index (χ4v) is 2.89. The molecule has 10 heteroatoms. The zero-order valence-electron chi connectivity index (χ0n) is 14.0. The van der Waals surface area contributed by atoms with Crippen LogP contribution in [0.2, 0.25) is 5.02 Å². The molecule has 1 aromatic carbocycles. The zero-order chi connectivity index (χ0) is 19.2. The highest BCUT2D eigenvalue weighted by Crippen LogP contribution is 2.29. The molecule has 8 nitrogen and oxygen atoms in total. The molecule has 27 heavy (non-hydrogen) atoms. The number of pyridine rings is 1. The van der Waals surface area contributed by atoms with Crippen LogP contribution in [-0.4, -0.2) is 41.1 Å². The number of thioether (sulfide) groups is 1. The highest BCUT2D eigenvalue weighted by Gasteiger charge is 2.16. The van der Waals surface area contributed by atoms with Crippen LogP contribution in [0.5, 0.6) is 11.6 Å². The number of hydrogen-bond acceptors (Lipinski definition) is 8. The molecule has 0 bridgehead atoms. The molecule has 1 aromatic heterocycles. The van der Waals surface area contributed by atoms with Crippen LogP contribution in [0.15, 0.2) is 46.7 Å². The normalized spacial score (nSPS) is 15.2. The average Bonchev–Trinajstić information content (AvgIpc) is 3.08. The summed E-state index contributed by atoms with van der Waals surface area (Å²) >= 11 is 7.52. The lowest BCUT2D eigenvalue weighted by Crippen LogP contribution is -2.19. The number of methoxy groups -OCH3 is 1. The first-order valence-corrected chi connectivity index (χ1v) is 8.97. The van der Waals surface area contributed by atoms with E-state index in [4.69, 9.17) is 16.3 Å². The molecule has 1 aliphatic rings. The Bertz CT molecular complexity index is 948. The third kappa shape index (κ3) is 5.05. The Labute approximate surface area is 163 Å². The second-order valence-corrected chi connectivity index (χ2v) is 6.52. The van der Waals surface area contributed by atoms with Gasteiger partial charge in [0.25, 0.3) is 0 Å². The molecular weight excluding hydrogens is 392 g/mol. The number of rotatable bonds is 5. The molecule has 3 rings (SSSR count). The number of nitrogens with one attached hydrogen (secondary N) is 1. The molecule has 1 aliphatic heterocycles. The van der Waals surface area contributed by atoms with Gasteiger partial charge in [-0.2, -0.15) is 5.10 Å². The monoisotopic (exact) mass is 404 g/mol. The van der Waals surface area contributed by atoms with E-state index in [0.29, 0.717) is 32.8 Å². The summed E-state index contributed by atoms with van der Waals surface area (Å²) in [5.74, 6) is 0.341. The van der Waals surface area contributed by atoms with Crippen LogP contribution >= 0.6 is 23.4 Å². The minimum absolute atomic E-state index is 0.0941. The number of carbonyl (C=O) groups excluding carboxylic acids is 2. The predicted octanol–water partition coefficient (Wildman–Crippen LogP) is 2.87. The van der Waals surface area contributed by atoms with E-state index in [2.05, 4.69) is 25.2 Å². The van der Waals surface area contributed by atoms with Gasteiger partial charge in [0.15, 0.2) is 5.17 Å². The number of ether oxygens (including phenoxy) is 2. The molecule has 0 saturated carbocycles. The van der Waals surface area contributed by atoms with E-state index in [9.17, 15) is 9.59 Å². The number of esters is 1. The van der Waals surface area contributed by atoms with Crippen LogP contribution in [0.4, 0.5) is 0 Å². The number of hydrogen-bond donors (Lipinski definition) is 1. The van der Waals surface area contributed by atoms with Gasteiger partial charge in [-0.15, -0.1) is 5.10 Å². The molecule has 0 radical (unpaired) electrons. The van der Waals surface area contributed by atoms with Crippen LogP contribution < -0.4 is 10.1 Å². The van der Waals surface area contributed by atoms with Crippen LogP contribution in [0.1, 0.15) is 15.9 Å². The standard InChI is InChI=1S/C17H13ClN4O4S/c1-25-16(24)11-4-5-19-15(7-11)26-13-3-2-10(6-12(13)18)8-20-22-17-21-14(23)9-27-17/h2-8H,9H2,1H3,(H,21,22,23). The van der Waals surface area contributed by atoms with Crippen molar-refractivity contribution in [2.75, 3.05) is 12.9 Å². The maximum atomic E-state index is 11.6. The topological polar surface area (TPSA) is 102 Å². The van der Waals surface area contributed by atoms with Gasteiger partial charge in [0.1, 0.15) is 5.75 Å². The number of aromatic nitrogens is 1. The number of nitrogens with zero attached hydrogens (tertiary/aromatic N) is 3. The highest BCUT2D eigenvalue weighted by molar-refractivity contribution is 8.15. The second kappa shape index (κ2) is 8.65. The van der Waals surface area contributed by atoms with Crippen molar-refractivity contribution in [2.45, 2.75) is 0 Å². The summed E-state index contributed by atoms with van der Waals surface area (Å²) < 4.78 is 10.3. The molecule has 0 unspecified atom stereocenters. The van der Waals surface area contributed by atoms with Crippen LogP contribution in [0.25, 0.3) is 0 Å². The summed E-state index contributed by atoms with van der Waals surface area (Å²) in [7, 11) is 1.30. The van der Waals surface area contributed by atoms with Gasteiger partial charge in [-0.05, 0) is 29.8 Å². The smallest absolute Gasteiger partial charge is 0.338 e. The maximum absolute atomic E-state index is 11.6. The second-order valence-electron chi connectivity index (χ2n) is 5.15. The quantitative estimate of drug-likeness (QED) is 0.467. The first-order valence-electron chi connectivity index (χ1n) is 7.60. The van der Waals surface area contributed by atoms with Crippen molar-refractivity contribution in [3.8, 4) is 11.6 Å². The van der Waals surface area contributed by atoms with Gasteiger partial charge in [-0.1, -0.05) is 23.4 Å². The summed E-state index contributed by atoms with van der Waals surface area (Å²) in [6.07, 6.45) is 2.94. The molecule has 1 fully saturated rings. The number of carbonyl (C=O) groups is 2. The minimum atomic E-state index is -0.488. The Morgan fingerprint density at radius 3 is 2.93 bits per heavy atom. The molecule has 2 aromatic rings.